The van der Waals surface area contributed by atoms with Crippen molar-refractivity contribution in [3.63, 3.8) is 0 Å². The average molecular weight is 181 g/mol. The third-order valence-corrected chi connectivity index (χ3v) is 3.43. The minimum atomic E-state index is 0.665. The quantitative estimate of drug-likeness (QED) is 0.754. The maximum atomic E-state index is 3.56. The van der Waals surface area contributed by atoms with E-state index in [1.54, 1.807) is 11.3 Å². The Morgan fingerprint density at radius 3 is 2.75 bits per heavy atom. The van der Waals surface area contributed by atoms with Crippen molar-refractivity contribution < 1.29 is 0 Å². The van der Waals surface area contributed by atoms with E-state index in [4.69, 9.17) is 0 Å². The summed E-state index contributed by atoms with van der Waals surface area (Å²) in [6.45, 7) is 4.45. The van der Waals surface area contributed by atoms with Gasteiger partial charge >= 0.3 is 0 Å². The summed E-state index contributed by atoms with van der Waals surface area (Å²) in [4.78, 5) is 0. The van der Waals surface area contributed by atoms with Crippen molar-refractivity contribution in [2.75, 3.05) is 5.32 Å². The normalized spacial score (nSPS) is 19.2. The second-order valence-electron chi connectivity index (χ2n) is 3.74. The molecule has 0 radical (unpaired) electrons. The minimum absolute atomic E-state index is 0.665. The molecule has 1 atom stereocenters. The van der Waals surface area contributed by atoms with E-state index in [-0.39, 0.29) is 0 Å². The Hall–Kier alpha value is -0.500. The van der Waals surface area contributed by atoms with Crippen molar-refractivity contribution in [3.05, 3.63) is 16.3 Å². The van der Waals surface area contributed by atoms with Crippen LogP contribution in [0.2, 0.25) is 0 Å². The van der Waals surface area contributed by atoms with Gasteiger partial charge in [-0.25, -0.2) is 0 Å². The molecule has 2 heteroatoms. The second kappa shape index (κ2) is 3.09. The van der Waals surface area contributed by atoms with E-state index in [1.165, 1.54) is 24.1 Å². The highest BCUT2D eigenvalue weighted by atomic mass is 32.1. The maximum absolute atomic E-state index is 3.56. The first-order chi connectivity index (χ1) is 5.77. The molecule has 0 spiro atoms. The van der Waals surface area contributed by atoms with Gasteiger partial charge in [0, 0.05) is 17.1 Å². The van der Waals surface area contributed by atoms with Crippen LogP contribution >= 0.6 is 11.3 Å². The lowest BCUT2D eigenvalue weighted by Crippen LogP contribution is -2.17. The van der Waals surface area contributed by atoms with Gasteiger partial charge in [0.2, 0.25) is 0 Å². The summed E-state index contributed by atoms with van der Waals surface area (Å²) in [6.07, 6.45) is 2.83. The maximum Gasteiger partial charge on any atom is 0.0480 e. The second-order valence-corrected chi connectivity index (χ2v) is 4.48. The smallest absolute Gasteiger partial charge is 0.0480 e. The van der Waals surface area contributed by atoms with Gasteiger partial charge in [-0.05, 0) is 43.6 Å². The molecule has 1 heterocycles. The fraction of sp³-hybridized carbons (Fsp3) is 0.600. The zero-order chi connectivity index (χ0) is 8.55. The molecule has 0 aliphatic heterocycles. The SMILES string of the molecule is Cc1cscc1NC(C)C1CC1. The van der Waals surface area contributed by atoms with Crippen LogP contribution in [0.5, 0.6) is 0 Å². The van der Waals surface area contributed by atoms with E-state index in [1.807, 2.05) is 0 Å². The van der Waals surface area contributed by atoms with Crippen LogP contribution in [0.25, 0.3) is 0 Å². The Bertz CT molecular complexity index is 263. The monoisotopic (exact) mass is 181 g/mol. The predicted octanol–water partition coefficient (Wildman–Crippen LogP) is 3.27. The molecule has 2 rings (SSSR count). The van der Waals surface area contributed by atoms with Gasteiger partial charge in [0.05, 0.1) is 0 Å². The zero-order valence-electron chi connectivity index (χ0n) is 7.63. The van der Waals surface area contributed by atoms with Crippen LogP contribution in [0.4, 0.5) is 5.69 Å². The molecule has 0 bridgehead atoms. The Kier molecular flexibility index (Phi) is 2.09. The molecule has 1 aliphatic rings. The molecule has 1 fully saturated rings. The molecule has 1 saturated carbocycles. The summed E-state index contributed by atoms with van der Waals surface area (Å²) in [6, 6.07) is 0.665. The lowest BCUT2D eigenvalue weighted by atomic mass is 10.2. The summed E-state index contributed by atoms with van der Waals surface area (Å²) in [5.74, 6) is 0.935. The van der Waals surface area contributed by atoms with Crippen LogP contribution in [0.1, 0.15) is 25.3 Å². The highest BCUT2D eigenvalue weighted by molar-refractivity contribution is 7.08. The first kappa shape index (κ1) is 8.11. The number of rotatable bonds is 3. The topological polar surface area (TPSA) is 12.0 Å². The van der Waals surface area contributed by atoms with E-state index in [2.05, 4.69) is 29.9 Å². The number of anilines is 1. The number of nitrogens with one attached hydrogen (secondary N) is 1. The Morgan fingerprint density at radius 1 is 1.50 bits per heavy atom. The fourth-order valence-electron chi connectivity index (χ4n) is 1.47. The molecule has 0 aromatic carbocycles. The van der Waals surface area contributed by atoms with E-state index in [0.29, 0.717) is 6.04 Å². The highest BCUT2D eigenvalue weighted by Gasteiger charge is 2.27. The van der Waals surface area contributed by atoms with Gasteiger partial charge in [-0.3, -0.25) is 0 Å². The van der Waals surface area contributed by atoms with Gasteiger partial charge in [-0.15, -0.1) is 11.3 Å². The van der Waals surface area contributed by atoms with Crippen molar-refractivity contribution >= 4 is 17.0 Å². The first-order valence-corrected chi connectivity index (χ1v) is 5.51. The fourth-order valence-corrected chi connectivity index (χ4v) is 2.26. The molecule has 1 aliphatic carbocycles. The molecule has 0 amide bonds. The van der Waals surface area contributed by atoms with Crippen molar-refractivity contribution in [3.8, 4) is 0 Å². The number of hydrogen-bond donors (Lipinski definition) is 1. The summed E-state index contributed by atoms with van der Waals surface area (Å²) in [5, 5.41) is 7.96. The van der Waals surface area contributed by atoms with Crippen molar-refractivity contribution in [2.45, 2.75) is 32.7 Å². The molecule has 1 aromatic heterocycles. The molecule has 1 unspecified atom stereocenters. The van der Waals surface area contributed by atoms with Gasteiger partial charge < -0.3 is 5.32 Å². The van der Waals surface area contributed by atoms with Crippen molar-refractivity contribution in [2.24, 2.45) is 5.92 Å². The summed E-state index contributed by atoms with van der Waals surface area (Å²) in [5.41, 5.74) is 2.71. The predicted molar refractivity (Wildman–Crippen MR) is 54.9 cm³/mol. The van der Waals surface area contributed by atoms with Gasteiger partial charge in [-0.1, -0.05) is 0 Å². The Balaban J connectivity index is 1.97. The molecule has 0 saturated heterocycles. The number of thiophene rings is 1. The van der Waals surface area contributed by atoms with Crippen LogP contribution in [0, 0.1) is 12.8 Å². The first-order valence-electron chi connectivity index (χ1n) is 4.56. The molecule has 1 N–H and O–H groups in total. The van der Waals surface area contributed by atoms with Crippen LogP contribution < -0.4 is 5.32 Å². The van der Waals surface area contributed by atoms with E-state index < -0.39 is 0 Å². The van der Waals surface area contributed by atoms with E-state index >= 15 is 0 Å². The standard InChI is InChI=1S/C10H15NS/c1-7-5-12-6-10(7)11-8(2)9-3-4-9/h5-6,8-9,11H,3-4H2,1-2H3. The van der Waals surface area contributed by atoms with E-state index in [0.717, 1.165) is 5.92 Å². The zero-order valence-corrected chi connectivity index (χ0v) is 8.45. The van der Waals surface area contributed by atoms with Crippen LogP contribution in [0.3, 0.4) is 0 Å². The van der Waals surface area contributed by atoms with E-state index in [9.17, 15) is 0 Å². The molecule has 1 nitrogen and oxygen atoms in total. The third-order valence-electron chi connectivity index (χ3n) is 2.57. The molecule has 1 aromatic rings. The summed E-state index contributed by atoms with van der Waals surface area (Å²) in [7, 11) is 0. The Morgan fingerprint density at radius 2 is 2.25 bits per heavy atom. The lowest BCUT2D eigenvalue weighted by Gasteiger charge is -2.13. The summed E-state index contributed by atoms with van der Waals surface area (Å²) >= 11 is 1.78. The van der Waals surface area contributed by atoms with Crippen LogP contribution in [-0.2, 0) is 0 Å². The van der Waals surface area contributed by atoms with Crippen LogP contribution in [0.15, 0.2) is 10.8 Å². The molecule has 12 heavy (non-hydrogen) atoms. The number of aryl methyl sites for hydroxylation is 1. The van der Waals surface area contributed by atoms with Crippen molar-refractivity contribution in [1.82, 2.24) is 0 Å². The van der Waals surface area contributed by atoms with Gasteiger partial charge in [0.15, 0.2) is 0 Å². The van der Waals surface area contributed by atoms with Crippen LogP contribution in [-0.4, -0.2) is 6.04 Å². The minimum Gasteiger partial charge on any atom is -0.381 e. The van der Waals surface area contributed by atoms with Gasteiger partial charge in [0.1, 0.15) is 0 Å². The Labute approximate surface area is 77.8 Å². The highest BCUT2D eigenvalue weighted by Crippen LogP contribution is 2.34. The van der Waals surface area contributed by atoms with Gasteiger partial charge in [0.25, 0.3) is 0 Å². The lowest BCUT2D eigenvalue weighted by molar-refractivity contribution is 0.694. The molecular formula is C10H15NS. The average Bonchev–Trinajstić information content (AvgIpc) is 2.80. The third kappa shape index (κ3) is 1.63. The number of hydrogen-bond acceptors (Lipinski definition) is 2. The van der Waals surface area contributed by atoms with Crippen molar-refractivity contribution in [1.29, 1.82) is 0 Å². The molecular weight excluding hydrogens is 166 g/mol. The largest absolute Gasteiger partial charge is 0.381 e. The summed E-state index contributed by atoms with van der Waals surface area (Å²) < 4.78 is 0. The molecule has 66 valence electrons. The van der Waals surface area contributed by atoms with Gasteiger partial charge in [-0.2, -0.15) is 0 Å².